The van der Waals surface area contributed by atoms with Gasteiger partial charge in [0.25, 0.3) is 0 Å². The fourth-order valence-electron chi connectivity index (χ4n) is 1.86. The van der Waals surface area contributed by atoms with Gasteiger partial charge in [-0.3, -0.25) is 0 Å². The molecule has 1 aliphatic rings. The van der Waals surface area contributed by atoms with Gasteiger partial charge in [-0.1, -0.05) is 36.5 Å². The smallest absolute Gasteiger partial charge is 0.139 e. The summed E-state index contributed by atoms with van der Waals surface area (Å²) in [6.07, 6.45) is 4.84. The lowest BCUT2D eigenvalue weighted by atomic mass is 10.2. The molecule has 2 nitrogen and oxygen atoms in total. The Kier molecular flexibility index (Phi) is 5.16. The number of benzene rings is 1. The van der Waals surface area contributed by atoms with Crippen LogP contribution in [0.4, 0.5) is 0 Å². The molecule has 1 fully saturated rings. The zero-order valence-corrected chi connectivity index (χ0v) is 12.1. The van der Waals surface area contributed by atoms with Crippen molar-refractivity contribution in [3.63, 3.8) is 0 Å². The van der Waals surface area contributed by atoms with Gasteiger partial charge < -0.3 is 10.1 Å². The highest BCUT2D eigenvalue weighted by molar-refractivity contribution is 6.34. The van der Waals surface area contributed by atoms with Crippen molar-refractivity contribution in [1.29, 1.82) is 0 Å². The van der Waals surface area contributed by atoms with Crippen LogP contribution in [0.5, 0.6) is 5.75 Å². The summed E-state index contributed by atoms with van der Waals surface area (Å²) in [4.78, 5) is 0. The third kappa shape index (κ3) is 4.34. The summed E-state index contributed by atoms with van der Waals surface area (Å²) in [6.45, 7) is 3.04. The highest BCUT2D eigenvalue weighted by atomic mass is 35.5. The average molecular weight is 288 g/mol. The van der Waals surface area contributed by atoms with Crippen molar-refractivity contribution in [2.75, 3.05) is 6.54 Å². The Bertz CT molecular complexity index is 393. The standard InChI is InChI=1S/C14H19Cl2NO/c1-2-3-12(9-17-11-5-6-11)18-14-8-10(15)4-7-13(14)16/h4,7-8,11-12,17H,2-3,5-6,9H2,1H3. The number of hydrogen-bond donors (Lipinski definition) is 1. The minimum atomic E-state index is 0.159. The Balaban J connectivity index is 1.94. The highest BCUT2D eigenvalue weighted by Gasteiger charge is 2.22. The number of halogens is 2. The van der Waals surface area contributed by atoms with Crippen molar-refractivity contribution in [1.82, 2.24) is 5.32 Å². The molecule has 1 unspecified atom stereocenters. The van der Waals surface area contributed by atoms with Crippen LogP contribution in [-0.4, -0.2) is 18.7 Å². The van der Waals surface area contributed by atoms with Crippen LogP contribution in [-0.2, 0) is 0 Å². The Hall–Kier alpha value is -0.440. The summed E-state index contributed by atoms with van der Waals surface area (Å²) in [7, 11) is 0. The van der Waals surface area contributed by atoms with E-state index in [4.69, 9.17) is 27.9 Å². The van der Waals surface area contributed by atoms with Gasteiger partial charge in [-0.2, -0.15) is 0 Å². The van der Waals surface area contributed by atoms with Crippen LogP contribution in [0.15, 0.2) is 18.2 Å². The predicted octanol–water partition coefficient (Wildman–Crippen LogP) is 4.29. The summed E-state index contributed by atoms with van der Waals surface area (Å²) in [6, 6.07) is 6.02. The number of rotatable bonds is 7. The molecule has 0 aromatic heterocycles. The fraction of sp³-hybridized carbons (Fsp3) is 0.571. The van der Waals surface area contributed by atoms with Gasteiger partial charge >= 0.3 is 0 Å². The zero-order chi connectivity index (χ0) is 13.0. The van der Waals surface area contributed by atoms with Gasteiger partial charge in [0.05, 0.1) is 5.02 Å². The maximum atomic E-state index is 6.11. The van der Waals surface area contributed by atoms with Gasteiger partial charge in [0.15, 0.2) is 0 Å². The SMILES string of the molecule is CCCC(CNC1CC1)Oc1cc(Cl)ccc1Cl. The highest BCUT2D eigenvalue weighted by Crippen LogP contribution is 2.29. The minimum absolute atomic E-state index is 0.159. The molecule has 100 valence electrons. The number of ether oxygens (including phenoxy) is 1. The van der Waals surface area contributed by atoms with E-state index >= 15 is 0 Å². The molecule has 1 aliphatic carbocycles. The third-order valence-corrected chi connectivity index (χ3v) is 3.56. The summed E-state index contributed by atoms with van der Waals surface area (Å²) in [5.74, 6) is 0.681. The largest absolute Gasteiger partial charge is 0.487 e. The van der Waals surface area contributed by atoms with Gasteiger partial charge in [-0.15, -0.1) is 0 Å². The zero-order valence-electron chi connectivity index (χ0n) is 10.6. The van der Waals surface area contributed by atoms with E-state index in [1.807, 2.05) is 0 Å². The van der Waals surface area contributed by atoms with Crippen molar-refractivity contribution in [2.45, 2.75) is 44.8 Å². The molecule has 0 saturated heterocycles. The van der Waals surface area contributed by atoms with E-state index in [0.717, 1.165) is 19.4 Å². The van der Waals surface area contributed by atoms with E-state index in [1.165, 1.54) is 12.8 Å². The lowest BCUT2D eigenvalue weighted by molar-refractivity contribution is 0.186. The van der Waals surface area contributed by atoms with Crippen molar-refractivity contribution in [3.05, 3.63) is 28.2 Å². The van der Waals surface area contributed by atoms with Gasteiger partial charge in [0.1, 0.15) is 11.9 Å². The maximum absolute atomic E-state index is 6.11. The number of nitrogens with one attached hydrogen (secondary N) is 1. The molecule has 1 atom stereocenters. The average Bonchev–Trinajstić information content (AvgIpc) is 3.15. The molecule has 0 bridgehead atoms. The van der Waals surface area contributed by atoms with Crippen LogP contribution in [0.25, 0.3) is 0 Å². The van der Waals surface area contributed by atoms with Gasteiger partial charge in [0.2, 0.25) is 0 Å². The van der Waals surface area contributed by atoms with Crippen molar-refractivity contribution in [3.8, 4) is 5.75 Å². The lowest BCUT2D eigenvalue weighted by Crippen LogP contribution is -2.32. The van der Waals surface area contributed by atoms with Crippen LogP contribution < -0.4 is 10.1 Å². The molecule has 1 N–H and O–H groups in total. The molecule has 0 radical (unpaired) electrons. The van der Waals surface area contributed by atoms with E-state index in [2.05, 4.69) is 12.2 Å². The first kappa shape index (κ1) is 14.0. The Morgan fingerprint density at radius 1 is 1.39 bits per heavy atom. The molecule has 0 heterocycles. The Morgan fingerprint density at radius 2 is 2.17 bits per heavy atom. The second-order valence-electron chi connectivity index (χ2n) is 4.79. The molecule has 0 aliphatic heterocycles. The minimum Gasteiger partial charge on any atom is -0.487 e. The van der Waals surface area contributed by atoms with Gasteiger partial charge in [0, 0.05) is 23.7 Å². The molecular weight excluding hydrogens is 269 g/mol. The van der Waals surface area contributed by atoms with Gasteiger partial charge in [-0.25, -0.2) is 0 Å². The van der Waals surface area contributed by atoms with Crippen molar-refractivity contribution >= 4 is 23.2 Å². The second kappa shape index (κ2) is 6.65. The normalized spacial score (nSPS) is 16.6. The predicted molar refractivity (Wildman–Crippen MR) is 76.8 cm³/mol. The Morgan fingerprint density at radius 3 is 2.83 bits per heavy atom. The first-order valence-electron chi connectivity index (χ1n) is 6.54. The Labute approximate surface area is 119 Å². The first-order chi connectivity index (χ1) is 8.69. The van der Waals surface area contributed by atoms with Gasteiger partial charge in [-0.05, 0) is 31.4 Å². The van der Waals surface area contributed by atoms with E-state index in [0.29, 0.717) is 21.8 Å². The van der Waals surface area contributed by atoms with Crippen molar-refractivity contribution in [2.24, 2.45) is 0 Å². The number of hydrogen-bond acceptors (Lipinski definition) is 2. The summed E-state index contributed by atoms with van der Waals surface area (Å²) in [5.41, 5.74) is 0. The third-order valence-electron chi connectivity index (χ3n) is 3.01. The molecule has 1 saturated carbocycles. The maximum Gasteiger partial charge on any atom is 0.139 e. The topological polar surface area (TPSA) is 21.3 Å². The van der Waals surface area contributed by atoms with Crippen LogP contribution in [0.2, 0.25) is 10.0 Å². The van der Waals surface area contributed by atoms with E-state index in [-0.39, 0.29) is 6.10 Å². The molecule has 4 heteroatoms. The molecular formula is C14H19Cl2NO. The van der Waals surface area contributed by atoms with Crippen LogP contribution in [0, 0.1) is 0 Å². The summed E-state index contributed by atoms with van der Waals surface area (Å²) in [5, 5.41) is 4.76. The monoisotopic (exact) mass is 287 g/mol. The quantitative estimate of drug-likeness (QED) is 0.808. The fourth-order valence-corrected chi connectivity index (χ4v) is 2.18. The van der Waals surface area contributed by atoms with Crippen LogP contribution in [0.3, 0.4) is 0 Å². The molecule has 18 heavy (non-hydrogen) atoms. The molecule has 1 aromatic carbocycles. The summed E-state index contributed by atoms with van der Waals surface area (Å²) >= 11 is 12.1. The molecule has 0 amide bonds. The molecule has 2 rings (SSSR count). The first-order valence-corrected chi connectivity index (χ1v) is 7.29. The van der Waals surface area contributed by atoms with Crippen molar-refractivity contribution < 1.29 is 4.74 Å². The second-order valence-corrected chi connectivity index (χ2v) is 5.63. The van der Waals surface area contributed by atoms with E-state index < -0.39 is 0 Å². The van der Waals surface area contributed by atoms with E-state index in [1.54, 1.807) is 18.2 Å². The van der Waals surface area contributed by atoms with Crippen LogP contribution in [0.1, 0.15) is 32.6 Å². The molecule has 0 spiro atoms. The molecule has 1 aromatic rings. The van der Waals surface area contributed by atoms with Crippen LogP contribution >= 0.6 is 23.2 Å². The summed E-state index contributed by atoms with van der Waals surface area (Å²) < 4.78 is 5.97. The van der Waals surface area contributed by atoms with E-state index in [9.17, 15) is 0 Å². The lowest BCUT2D eigenvalue weighted by Gasteiger charge is -2.20.